The molecule has 3 saturated heterocycles. The van der Waals surface area contributed by atoms with Crippen LogP contribution in [-0.4, -0.2) is 64.0 Å². The van der Waals surface area contributed by atoms with E-state index in [1.54, 1.807) is 45.8 Å². The Balaban J connectivity index is 1.27. The number of nitrogens with one attached hydrogen (secondary N) is 1. The van der Waals surface area contributed by atoms with Crippen molar-refractivity contribution in [3.63, 3.8) is 0 Å². The van der Waals surface area contributed by atoms with Crippen LogP contribution in [0.25, 0.3) is 0 Å². The standard InChI is InChI=1S/C22H22FN3O4S/c23-14-5-3-13(4-6-14)12-31-17-8-10-26-19(17)22(29)25-9-7-15(18(25)21(26)28)24-20(27)16-2-1-11-30-16/h1-6,11,15,17-19H,7-10,12H2,(H,24,27). The predicted molar refractivity (Wildman–Crippen MR) is 112 cm³/mol. The molecule has 7 nitrogen and oxygen atoms in total. The van der Waals surface area contributed by atoms with E-state index in [1.165, 1.54) is 18.4 Å². The van der Waals surface area contributed by atoms with E-state index in [2.05, 4.69) is 5.32 Å². The average molecular weight is 444 g/mol. The molecule has 2 aromatic rings. The van der Waals surface area contributed by atoms with E-state index in [4.69, 9.17) is 4.42 Å². The van der Waals surface area contributed by atoms with Gasteiger partial charge in [-0.1, -0.05) is 12.1 Å². The molecule has 9 heteroatoms. The van der Waals surface area contributed by atoms with Gasteiger partial charge in [-0.3, -0.25) is 14.4 Å². The topological polar surface area (TPSA) is 82.9 Å². The van der Waals surface area contributed by atoms with Gasteiger partial charge in [0.1, 0.15) is 17.9 Å². The molecule has 0 aliphatic carbocycles. The fourth-order valence-electron chi connectivity index (χ4n) is 4.75. The van der Waals surface area contributed by atoms with Crippen molar-refractivity contribution in [2.24, 2.45) is 0 Å². The molecule has 0 radical (unpaired) electrons. The van der Waals surface area contributed by atoms with Crippen LogP contribution in [-0.2, 0) is 15.3 Å². The molecule has 162 valence electrons. The number of piperazine rings is 1. The van der Waals surface area contributed by atoms with Gasteiger partial charge in [0.2, 0.25) is 11.8 Å². The minimum Gasteiger partial charge on any atom is -0.459 e. The minimum absolute atomic E-state index is 0.000729. The third kappa shape index (κ3) is 3.60. The molecule has 1 aromatic carbocycles. The van der Waals surface area contributed by atoms with Crippen LogP contribution in [0.2, 0.25) is 0 Å². The molecule has 1 aromatic heterocycles. The number of hydrogen-bond donors (Lipinski definition) is 1. The Morgan fingerprint density at radius 1 is 1.06 bits per heavy atom. The van der Waals surface area contributed by atoms with Crippen LogP contribution in [0.4, 0.5) is 4.39 Å². The zero-order chi connectivity index (χ0) is 21.5. The summed E-state index contributed by atoms with van der Waals surface area (Å²) in [6, 6.07) is 7.96. The molecule has 0 saturated carbocycles. The summed E-state index contributed by atoms with van der Waals surface area (Å²) in [6.45, 7) is 0.970. The maximum absolute atomic E-state index is 13.3. The van der Waals surface area contributed by atoms with Gasteiger partial charge in [-0.25, -0.2) is 4.39 Å². The van der Waals surface area contributed by atoms with Crippen molar-refractivity contribution < 1.29 is 23.2 Å². The molecule has 3 amide bonds. The Kier molecular flexibility index (Phi) is 5.21. The van der Waals surface area contributed by atoms with Crippen LogP contribution in [0.5, 0.6) is 0 Å². The minimum atomic E-state index is -0.663. The van der Waals surface area contributed by atoms with Crippen molar-refractivity contribution in [3.05, 3.63) is 59.8 Å². The molecule has 3 aliphatic heterocycles. The van der Waals surface area contributed by atoms with Crippen molar-refractivity contribution in [3.8, 4) is 0 Å². The third-order valence-corrected chi connectivity index (χ3v) is 7.67. The Hall–Kier alpha value is -2.81. The van der Waals surface area contributed by atoms with Crippen LogP contribution in [0.1, 0.15) is 29.0 Å². The van der Waals surface area contributed by atoms with Crippen LogP contribution < -0.4 is 5.32 Å². The second kappa shape index (κ2) is 8.03. The van der Waals surface area contributed by atoms with Crippen molar-refractivity contribution in [2.75, 3.05) is 13.1 Å². The van der Waals surface area contributed by atoms with Crippen LogP contribution in [0, 0.1) is 5.82 Å². The Labute approximate surface area is 182 Å². The van der Waals surface area contributed by atoms with E-state index in [0.29, 0.717) is 25.3 Å². The molecule has 1 N–H and O–H groups in total. The largest absolute Gasteiger partial charge is 0.459 e. The SMILES string of the molecule is O=C(NC1CCN2C(=O)C3C(SCc4ccc(F)cc4)CCN3C(=O)C12)c1ccco1. The fraction of sp³-hybridized carbons (Fsp3) is 0.409. The molecule has 31 heavy (non-hydrogen) atoms. The number of fused-ring (bicyclic) bond motifs is 2. The van der Waals surface area contributed by atoms with Crippen LogP contribution in [0.3, 0.4) is 0 Å². The van der Waals surface area contributed by atoms with Crippen molar-refractivity contribution in [1.29, 1.82) is 0 Å². The van der Waals surface area contributed by atoms with Crippen molar-refractivity contribution in [1.82, 2.24) is 15.1 Å². The summed E-state index contributed by atoms with van der Waals surface area (Å²) in [5.41, 5.74) is 0.985. The first-order chi connectivity index (χ1) is 15.0. The molecular weight excluding hydrogens is 421 g/mol. The number of thioether (sulfide) groups is 1. The second-order valence-electron chi connectivity index (χ2n) is 8.06. The van der Waals surface area contributed by atoms with Crippen LogP contribution in [0.15, 0.2) is 47.1 Å². The van der Waals surface area contributed by atoms with Gasteiger partial charge in [-0.05, 0) is 42.7 Å². The maximum atomic E-state index is 13.3. The number of furan rings is 1. The lowest BCUT2D eigenvalue weighted by Crippen LogP contribution is -2.65. The molecule has 4 unspecified atom stereocenters. The van der Waals surface area contributed by atoms with Gasteiger partial charge in [0.15, 0.2) is 5.76 Å². The molecule has 0 bridgehead atoms. The van der Waals surface area contributed by atoms with Gasteiger partial charge in [0.25, 0.3) is 5.91 Å². The van der Waals surface area contributed by atoms with E-state index in [0.717, 1.165) is 12.0 Å². The zero-order valence-corrected chi connectivity index (χ0v) is 17.5. The van der Waals surface area contributed by atoms with Crippen molar-refractivity contribution >= 4 is 29.5 Å². The molecule has 5 rings (SSSR count). The molecular formula is C22H22FN3O4S. The summed E-state index contributed by atoms with van der Waals surface area (Å²) in [4.78, 5) is 42.3. The Bertz CT molecular complexity index is 997. The lowest BCUT2D eigenvalue weighted by molar-refractivity contribution is -0.157. The molecule has 3 aliphatic rings. The predicted octanol–water partition coefficient (Wildman–Crippen LogP) is 2.03. The quantitative estimate of drug-likeness (QED) is 0.765. The number of rotatable bonds is 5. The van der Waals surface area contributed by atoms with Gasteiger partial charge < -0.3 is 19.5 Å². The number of hydrogen-bond acceptors (Lipinski definition) is 5. The summed E-state index contributed by atoms with van der Waals surface area (Å²) in [7, 11) is 0. The highest BCUT2D eigenvalue weighted by atomic mass is 32.2. The fourth-order valence-corrected chi connectivity index (χ4v) is 6.06. The first kappa shape index (κ1) is 20.1. The smallest absolute Gasteiger partial charge is 0.287 e. The summed E-state index contributed by atoms with van der Waals surface area (Å²) in [6.07, 6.45) is 2.68. The first-order valence-electron chi connectivity index (χ1n) is 10.3. The maximum Gasteiger partial charge on any atom is 0.287 e. The summed E-state index contributed by atoms with van der Waals surface area (Å²) in [5, 5.41) is 2.86. The second-order valence-corrected chi connectivity index (χ2v) is 9.29. The third-order valence-electron chi connectivity index (χ3n) is 6.25. The normalized spacial score (nSPS) is 27.4. The van der Waals surface area contributed by atoms with E-state index >= 15 is 0 Å². The van der Waals surface area contributed by atoms with E-state index in [-0.39, 0.29) is 34.5 Å². The number of benzene rings is 1. The van der Waals surface area contributed by atoms with E-state index in [1.807, 2.05) is 0 Å². The van der Waals surface area contributed by atoms with Gasteiger partial charge in [-0.15, -0.1) is 0 Å². The first-order valence-corrected chi connectivity index (χ1v) is 11.4. The number of nitrogens with zero attached hydrogens (tertiary/aromatic N) is 2. The van der Waals surface area contributed by atoms with Gasteiger partial charge in [0, 0.05) is 24.1 Å². The number of carbonyl (C=O) groups is 3. The van der Waals surface area contributed by atoms with Gasteiger partial charge in [0.05, 0.1) is 12.3 Å². The summed E-state index contributed by atoms with van der Waals surface area (Å²) >= 11 is 1.63. The average Bonchev–Trinajstić information content (AvgIpc) is 3.51. The zero-order valence-electron chi connectivity index (χ0n) is 16.7. The van der Waals surface area contributed by atoms with Crippen LogP contribution >= 0.6 is 11.8 Å². The lowest BCUT2D eigenvalue weighted by atomic mass is 10.0. The number of halogens is 1. The van der Waals surface area contributed by atoms with Gasteiger partial charge in [-0.2, -0.15) is 11.8 Å². The summed E-state index contributed by atoms with van der Waals surface area (Å²) in [5.74, 6) is 0.0349. The highest BCUT2D eigenvalue weighted by Crippen LogP contribution is 2.38. The molecule has 0 spiro atoms. The Morgan fingerprint density at radius 3 is 2.52 bits per heavy atom. The highest BCUT2D eigenvalue weighted by Gasteiger charge is 2.56. The highest BCUT2D eigenvalue weighted by molar-refractivity contribution is 7.99. The number of carbonyl (C=O) groups excluding carboxylic acids is 3. The van der Waals surface area contributed by atoms with E-state index in [9.17, 15) is 18.8 Å². The van der Waals surface area contributed by atoms with Gasteiger partial charge >= 0.3 is 0 Å². The van der Waals surface area contributed by atoms with Crippen molar-refractivity contribution in [2.45, 2.75) is 42.0 Å². The molecule has 4 heterocycles. The molecule has 3 fully saturated rings. The summed E-state index contributed by atoms with van der Waals surface area (Å²) < 4.78 is 18.3. The lowest BCUT2D eigenvalue weighted by Gasteiger charge is -2.41. The number of amides is 3. The molecule has 4 atom stereocenters. The Morgan fingerprint density at radius 2 is 1.77 bits per heavy atom. The van der Waals surface area contributed by atoms with E-state index < -0.39 is 18.1 Å². The monoisotopic (exact) mass is 443 g/mol.